The molecule has 1 aromatic heterocycles. The standard InChI is InChI=1S/C17H15N3O2S3/c21-14(19-16-18-8-10-24-16)7-4-9-20-15(22)13(25-17(20)23)11-12-5-2-1-3-6-12/h1-3,5-6,8,10-11H,4,7,9H2,(H,18,19,21)/b13-11+. The number of thiazole rings is 1. The lowest BCUT2D eigenvalue weighted by atomic mass is 10.2. The number of anilines is 1. The summed E-state index contributed by atoms with van der Waals surface area (Å²) in [6.45, 7) is 0.433. The molecular formula is C17H15N3O2S3. The number of rotatable bonds is 6. The Morgan fingerprint density at radius 3 is 2.84 bits per heavy atom. The summed E-state index contributed by atoms with van der Waals surface area (Å²) in [7, 11) is 0. The van der Waals surface area contributed by atoms with Crippen molar-refractivity contribution >= 4 is 62.7 Å². The average molecular weight is 390 g/mol. The summed E-state index contributed by atoms with van der Waals surface area (Å²) in [5.41, 5.74) is 0.964. The number of carbonyl (C=O) groups is 2. The van der Waals surface area contributed by atoms with Gasteiger partial charge in [0.15, 0.2) is 5.13 Å². The smallest absolute Gasteiger partial charge is 0.266 e. The minimum atomic E-state index is -0.111. The highest BCUT2D eigenvalue weighted by Crippen LogP contribution is 2.32. The Balaban J connectivity index is 1.53. The first kappa shape index (κ1) is 17.8. The van der Waals surface area contributed by atoms with Gasteiger partial charge in [-0.15, -0.1) is 11.3 Å². The van der Waals surface area contributed by atoms with Gasteiger partial charge in [0.25, 0.3) is 5.91 Å². The zero-order valence-corrected chi connectivity index (χ0v) is 15.6. The molecule has 0 saturated carbocycles. The van der Waals surface area contributed by atoms with E-state index in [0.717, 1.165) is 5.56 Å². The molecule has 0 unspecified atom stereocenters. The molecule has 1 N–H and O–H groups in total. The maximum Gasteiger partial charge on any atom is 0.266 e. The average Bonchev–Trinajstić information content (AvgIpc) is 3.19. The number of aromatic nitrogens is 1. The van der Waals surface area contributed by atoms with Crippen molar-refractivity contribution in [3.05, 3.63) is 52.4 Å². The number of amides is 2. The van der Waals surface area contributed by atoms with Crippen LogP contribution in [0.25, 0.3) is 6.08 Å². The van der Waals surface area contributed by atoms with E-state index in [1.54, 1.807) is 16.5 Å². The molecule has 25 heavy (non-hydrogen) atoms. The van der Waals surface area contributed by atoms with Gasteiger partial charge in [0.1, 0.15) is 4.32 Å². The lowest BCUT2D eigenvalue weighted by Crippen LogP contribution is -2.29. The van der Waals surface area contributed by atoms with E-state index in [4.69, 9.17) is 12.2 Å². The first-order valence-electron chi connectivity index (χ1n) is 7.63. The minimum Gasteiger partial charge on any atom is -0.302 e. The van der Waals surface area contributed by atoms with Crippen LogP contribution in [0.3, 0.4) is 0 Å². The third-order valence-corrected chi connectivity index (χ3v) is 5.50. The number of nitrogens with zero attached hydrogens (tertiary/aromatic N) is 2. The summed E-state index contributed by atoms with van der Waals surface area (Å²) in [6, 6.07) is 9.66. The fraction of sp³-hybridized carbons (Fsp3) is 0.176. The van der Waals surface area contributed by atoms with Crippen LogP contribution in [-0.4, -0.2) is 32.6 Å². The van der Waals surface area contributed by atoms with Crippen LogP contribution in [0, 0.1) is 0 Å². The van der Waals surface area contributed by atoms with Gasteiger partial charge in [-0.1, -0.05) is 54.3 Å². The molecule has 0 aliphatic carbocycles. The Morgan fingerprint density at radius 2 is 2.12 bits per heavy atom. The van der Waals surface area contributed by atoms with E-state index < -0.39 is 0 Å². The van der Waals surface area contributed by atoms with Gasteiger partial charge in [-0.3, -0.25) is 14.5 Å². The summed E-state index contributed by atoms with van der Waals surface area (Å²) < 4.78 is 0.535. The van der Waals surface area contributed by atoms with Gasteiger partial charge in [-0.2, -0.15) is 0 Å². The molecular weight excluding hydrogens is 374 g/mol. The van der Waals surface area contributed by atoms with E-state index in [-0.39, 0.29) is 11.8 Å². The number of benzene rings is 1. The van der Waals surface area contributed by atoms with Crippen LogP contribution in [0.5, 0.6) is 0 Å². The van der Waals surface area contributed by atoms with Gasteiger partial charge in [-0.05, 0) is 18.1 Å². The van der Waals surface area contributed by atoms with Crippen molar-refractivity contribution in [2.45, 2.75) is 12.8 Å². The fourth-order valence-electron chi connectivity index (χ4n) is 2.26. The molecule has 0 atom stereocenters. The highest BCUT2D eigenvalue weighted by atomic mass is 32.2. The molecule has 0 spiro atoms. The lowest BCUT2D eigenvalue weighted by Gasteiger charge is -2.13. The molecule has 1 aliphatic rings. The molecule has 0 radical (unpaired) electrons. The second-order valence-corrected chi connectivity index (χ2v) is 7.80. The Labute approximate surface area is 159 Å². The summed E-state index contributed by atoms with van der Waals surface area (Å²) >= 11 is 7.97. The van der Waals surface area contributed by atoms with Gasteiger partial charge in [-0.25, -0.2) is 4.98 Å². The van der Waals surface area contributed by atoms with E-state index in [1.165, 1.54) is 23.1 Å². The Kier molecular flexibility index (Phi) is 5.95. The molecule has 1 saturated heterocycles. The zero-order valence-electron chi connectivity index (χ0n) is 13.2. The van der Waals surface area contributed by atoms with Crippen LogP contribution in [0.15, 0.2) is 46.8 Å². The quantitative estimate of drug-likeness (QED) is 0.602. The van der Waals surface area contributed by atoms with Crippen LogP contribution in [-0.2, 0) is 9.59 Å². The highest BCUT2D eigenvalue weighted by molar-refractivity contribution is 8.26. The Morgan fingerprint density at radius 1 is 1.32 bits per heavy atom. The van der Waals surface area contributed by atoms with Crippen LogP contribution in [0.4, 0.5) is 5.13 Å². The van der Waals surface area contributed by atoms with Crippen molar-refractivity contribution in [3.63, 3.8) is 0 Å². The predicted octanol–water partition coefficient (Wildman–Crippen LogP) is 3.76. The van der Waals surface area contributed by atoms with Crippen LogP contribution in [0.1, 0.15) is 18.4 Å². The summed E-state index contributed by atoms with van der Waals surface area (Å²) in [5, 5.41) is 5.11. The predicted molar refractivity (Wildman–Crippen MR) is 106 cm³/mol. The van der Waals surface area contributed by atoms with Crippen molar-refractivity contribution in [1.29, 1.82) is 0 Å². The van der Waals surface area contributed by atoms with E-state index in [0.29, 0.717) is 33.7 Å². The van der Waals surface area contributed by atoms with Crippen LogP contribution >= 0.6 is 35.3 Å². The number of nitrogens with one attached hydrogen (secondary N) is 1. The SMILES string of the molecule is O=C(CCCN1C(=O)/C(=C\c2ccccc2)SC1=S)Nc1nccs1. The third kappa shape index (κ3) is 4.75. The van der Waals surface area contributed by atoms with Crippen LogP contribution < -0.4 is 5.32 Å². The topological polar surface area (TPSA) is 62.3 Å². The molecule has 0 bridgehead atoms. The maximum atomic E-state index is 12.5. The third-order valence-electron chi connectivity index (χ3n) is 3.44. The summed E-state index contributed by atoms with van der Waals surface area (Å²) in [5.74, 6) is -0.209. The second kappa shape index (κ2) is 8.37. The van der Waals surface area contributed by atoms with Gasteiger partial charge in [0.2, 0.25) is 5.91 Å². The van der Waals surface area contributed by atoms with E-state index in [1.807, 2.05) is 36.4 Å². The monoisotopic (exact) mass is 389 g/mol. The van der Waals surface area contributed by atoms with Crippen LogP contribution in [0.2, 0.25) is 0 Å². The summed E-state index contributed by atoms with van der Waals surface area (Å²) in [4.78, 5) is 30.5. The number of carbonyl (C=O) groups excluding carboxylic acids is 2. The van der Waals surface area contributed by atoms with Crippen molar-refractivity contribution in [2.24, 2.45) is 0 Å². The molecule has 1 aliphatic heterocycles. The van der Waals surface area contributed by atoms with Gasteiger partial charge in [0.05, 0.1) is 4.91 Å². The zero-order chi connectivity index (χ0) is 17.6. The normalized spacial score (nSPS) is 15.8. The molecule has 2 aromatic rings. The summed E-state index contributed by atoms with van der Waals surface area (Å²) in [6.07, 6.45) is 4.34. The van der Waals surface area contributed by atoms with Crippen molar-refractivity contribution < 1.29 is 9.59 Å². The number of hydrogen-bond donors (Lipinski definition) is 1. The number of thiocarbonyl (C=S) groups is 1. The van der Waals surface area contributed by atoms with Crippen molar-refractivity contribution in [2.75, 3.05) is 11.9 Å². The first-order chi connectivity index (χ1) is 12.1. The molecule has 5 nitrogen and oxygen atoms in total. The van der Waals surface area contributed by atoms with Crippen molar-refractivity contribution in [3.8, 4) is 0 Å². The second-order valence-electron chi connectivity index (χ2n) is 5.23. The molecule has 128 valence electrons. The largest absolute Gasteiger partial charge is 0.302 e. The van der Waals surface area contributed by atoms with Gasteiger partial charge >= 0.3 is 0 Å². The molecule has 2 heterocycles. The van der Waals surface area contributed by atoms with Crippen molar-refractivity contribution in [1.82, 2.24) is 9.88 Å². The molecule has 1 fully saturated rings. The minimum absolute atomic E-state index is 0.0980. The highest BCUT2D eigenvalue weighted by Gasteiger charge is 2.31. The lowest BCUT2D eigenvalue weighted by molar-refractivity contribution is -0.122. The molecule has 3 rings (SSSR count). The first-order valence-corrected chi connectivity index (χ1v) is 9.74. The Hall–Kier alpha value is -2.03. The number of thioether (sulfide) groups is 1. The maximum absolute atomic E-state index is 12.5. The fourth-order valence-corrected chi connectivity index (χ4v) is 4.11. The van der Waals surface area contributed by atoms with Gasteiger partial charge in [0, 0.05) is 24.5 Å². The number of hydrogen-bond acceptors (Lipinski definition) is 6. The Bertz CT molecular complexity index is 804. The van der Waals surface area contributed by atoms with E-state index >= 15 is 0 Å². The van der Waals surface area contributed by atoms with Gasteiger partial charge < -0.3 is 5.32 Å². The van der Waals surface area contributed by atoms with E-state index in [9.17, 15) is 9.59 Å². The van der Waals surface area contributed by atoms with E-state index in [2.05, 4.69) is 10.3 Å². The molecule has 2 amide bonds. The molecule has 1 aromatic carbocycles. The molecule has 8 heteroatoms.